The Labute approximate surface area is 160 Å². The number of carbonyl (C=O) groups excluding carboxylic acids is 1. The molecule has 0 aliphatic rings. The number of nitrogens with zero attached hydrogens (tertiary/aromatic N) is 2. The van der Waals surface area contributed by atoms with Gasteiger partial charge in [0.15, 0.2) is 0 Å². The number of carboxylic acid groups (broad SMARTS) is 1. The van der Waals surface area contributed by atoms with E-state index in [9.17, 15) is 14.7 Å². The molecule has 152 valence electrons. The van der Waals surface area contributed by atoms with E-state index >= 15 is 0 Å². The van der Waals surface area contributed by atoms with E-state index in [2.05, 4.69) is 47.0 Å². The van der Waals surface area contributed by atoms with Gasteiger partial charge in [0.1, 0.15) is 0 Å². The number of hydrogen-bond acceptors (Lipinski definition) is 3. The first-order valence-corrected chi connectivity index (χ1v) is 12.7. The van der Waals surface area contributed by atoms with Crippen LogP contribution in [-0.2, 0) is 4.74 Å². The fourth-order valence-corrected chi connectivity index (χ4v) is 2.80. The van der Waals surface area contributed by atoms with Gasteiger partial charge in [0, 0.05) is 19.3 Å². The summed E-state index contributed by atoms with van der Waals surface area (Å²) in [5, 5.41) is 9.58. The molecule has 2 atom stereocenters. The summed E-state index contributed by atoms with van der Waals surface area (Å²) in [4.78, 5) is 26.9. The highest BCUT2D eigenvalue weighted by molar-refractivity contribution is 6.77. The Bertz CT molecular complexity index is 495. The Morgan fingerprint density at radius 3 is 2.08 bits per heavy atom. The SMILES string of the molecule is C=C(C)N(C(=O)O)C(CCC(C)(C)C)CN(C)C(=O)OC(C)[Si](C)(C)C. The van der Waals surface area contributed by atoms with Crippen LogP contribution in [0.4, 0.5) is 9.59 Å². The van der Waals surface area contributed by atoms with Crippen LogP contribution in [0.2, 0.25) is 19.6 Å². The van der Waals surface area contributed by atoms with Gasteiger partial charge in [0.25, 0.3) is 0 Å². The maximum absolute atomic E-state index is 12.4. The molecule has 0 spiro atoms. The van der Waals surface area contributed by atoms with E-state index in [1.54, 1.807) is 14.0 Å². The average molecular weight is 387 g/mol. The van der Waals surface area contributed by atoms with Crippen molar-refractivity contribution in [3.63, 3.8) is 0 Å². The van der Waals surface area contributed by atoms with Crippen molar-refractivity contribution in [1.82, 2.24) is 9.80 Å². The summed E-state index contributed by atoms with van der Waals surface area (Å²) in [6.45, 7) is 20.4. The van der Waals surface area contributed by atoms with Gasteiger partial charge >= 0.3 is 12.2 Å². The summed E-state index contributed by atoms with van der Waals surface area (Å²) in [6, 6.07) is -0.357. The first-order valence-electron chi connectivity index (χ1n) is 9.15. The van der Waals surface area contributed by atoms with Crippen molar-refractivity contribution in [2.24, 2.45) is 5.41 Å². The van der Waals surface area contributed by atoms with Crippen LogP contribution in [0.3, 0.4) is 0 Å². The van der Waals surface area contributed by atoms with Gasteiger partial charge < -0.3 is 14.7 Å². The zero-order valence-electron chi connectivity index (χ0n) is 18.0. The van der Waals surface area contributed by atoms with Crippen LogP contribution in [0.25, 0.3) is 0 Å². The second kappa shape index (κ2) is 9.44. The number of ether oxygens (including phenoxy) is 1. The van der Waals surface area contributed by atoms with E-state index in [1.807, 2.05) is 6.92 Å². The monoisotopic (exact) mass is 386 g/mol. The molecule has 0 bridgehead atoms. The van der Waals surface area contributed by atoms with Gasteiger partial charge in [0.05, 0.1) is 19.8 Å². The second-order valence-corrected chi connectivity index (χ2v) is 15.0. The molecule has 0 aromatic rings. The minimum atomic E-state index is -1.60. The summed E-state index contributed by atoms with van der Waals surface area (Å²) in [5.41, 5.74) is 0.416. The van der Waals surface area contributed by atoms with Gasteiger partial charge in [-0.2, -0.15) is 0 Å². The predicted molar refractivity (Wildman–Crippen MR) is 109 cm³/mol. The third-order valence-corrected chi connectivity index (χ3v) is 7.06. The summed E-state index contributed by atoms with van der Waals surface area (Å²) in [7, 11) is 0.0594. The molecule has 0 aliphatic heterocycles. The van der Waals surface area contributed by atoms with E-state index in [4.69, 9.17) is 4.74 Å². The number of carbonyl (C=O) groups is 2. The van der Waals surface area contributed by atoms with Gasteiger partial charge in [-0.3, -0.25) is 4.90 Å². The van der Waals surface area contributed by atoms with Crippen LogP contribution < -0.4 is 0 Å². The van der Waals surface area contributed by atoms with Crippen LogP contribution in [0.1, 0.15) is 47.5 Å². The Hall–Kier alpha value is -1.50. The van der Waals surface area contributed by atoms with Crippen LogP contribution in [-0.4, -0.2) is 60.5 Å². The summed E-state index contributed by atoms with van der Waals surface area (Å²) >= 11 is 0. The van der Waals surface area contributed by atoms with Gasteiger partial charge in [-0.1, -0.05) is 47.0 Å². The molecular formula is C19H38N2O4Si. The molecule has 0 radical (unpaired) electrons. The van der Waals surface area contributed by atoms with Crippen LogP contribution in [0.5, 0.6) is 0 Å². The highest BCUT2D eigenvalue weighted by Gasteiger charge is 2.31. The number of likely N-dealkylation sites (N-methyl/N-ethyl adjacent to an activating group) is 1. The Balaban J connectivity index is 5.23. The van der Waals surface area contributed by atoms with E-state index in [0.717, 1.165) is 6.42 Å². The number of allylic oxidation sites excluding steroid dienone is 1. The zero-order chi connectivity index (χ0) is 20.9. The fourth-order valence-electron chi connectivity index (χ4n) is 2.34. The predicted octanol–water partition coefficient (Wildman–Crippen LogP) is 5.03. The lowest BCUT2D eigenvalue weighted by Gasteiger charge is -2.35. The smallest absolute Gasteiger partial charge is 0.411 e. The number of rotatable bonds is 8. The molecule has 0 rings (SSSR count). The average Bonchev–Trinajstić information content (AvgIpc) is 2.41. The van der Waals surface area contributed by atoms with Crippen molar-refractivity contribution < 1.29 is 19.4 Å². The molecule has 7 heteroatoms. The molecule has 0 saturated heterocycles. The molecule has 0 aromatic heterocycles. The fraction of sp³-hybridized carbons (Fsp3) is 0.789. The van der Waals surface area contributed by atoms with E-state index in [-0.39, 0.29) is 23.7 Å². The highest BCUT2D eigenvalue weighted by atomic mass is 28.3. The van der Waals surface area contributed by atoms with Gasteiger partial charge in [-0.25, -0.2) is 9.59 Å². The van der Waals surface area contributed by atoms with Crippen LogP contribution in [0.15, 0.2) is 12.3 Å². The van der Waals surface area contributed by atoms with Crippen molar-refractivity contribution in [2.75, 3.05) is 13.6 Å². The minimum Gasteiger partial charge on any atom is -0.465 e. The molecular weight excluding hydrogens is 348 g/mol. The maximum Gasteiger partial charge on any atom is 0.411 e. The minimum absolute atomic E-state index is 0.0723. The number of hydrogen-bond donors (Lipinski definition) is 1. The van der Waals surface area contributed by atoms with Crippen molar-refractivity contribution in [1.29, 1.82) is 0 Å². The second-order valence-electron chi connectivity index (χ2n) is 9.41. The molecule has 6 nitrogen and oxygen atoms in total. The quantitative estimate of drug-likeness (QED) is 0.594. The van der Waals surface area contributed by atoms with Crippen LogP contribution in [0, 0.1) is 5.41 Å². The third-order valence-electron chi connectivity index (χ3n) is 4.50. The van der Waals surface area contributed by atoms with Crippen LogP contribution >= 0.6 is 0 Å². The molecule has 2 unspecified atom stereocenters. The van der Waals surface area contributed by atoms with Crippen molar-refractivity contribution >= 4 is 20.3 Å². The van der Waals surface area contributed by atoms with Gasteiger partial charge in [-0.05, 0) is 32.1 Å². The van der Waals surface area contributed by atoms with Gasteiger partial charge in [0.2, 0.25) is 0 Å². The molecule has 26 heavy (non-hydrogen) atoms. The standard InChI is InChI=1S/C19H38N2O4Si/c1-14(2)21(17(22)23)16(11-12-19(4,5)6)13-20(7)18(24)25-15(3)26(8,9)10/h15-16H,1,11-13H2,2-10H3,(H,22,23). The zero-order valence-corrected chi connectivity index (χ0v) is 19.0. The summed E-state index contributed by atoms with van der Waals surface area (Å²) in [5.74, 6) is 0. The lowest BCUT2D eigenvalue weighted by Crippen LogP contribution is -2.48. The highest BCUT2D eigenvalue weighted by Crippen LogP contribution is 2.25. The molecule has 0 aliphatic carbocycles. The molecule has 1 N–H and O–H groups in total. The molecule has 0 saturated carbocycles. The Morgan fingerprint density at radius 1 is 1.23 bits per heavy atom. The van der Waals surface area contributed by atoms with E-state index < -0.39 is 20.3 Å². The Morgan fingerprint density at radius 2 is 1.73 bits per heavy atom. The topological polar surface area (TPSA) is 70.1 Å². The largest absolute Gasteiger partial charge is 0.465 e. The Kier molecular flexibility index (Phi) is 8.89. The molecule has 0 fully saturated rings. The first-order chi connectivity index (χ1) is 11.6. The number of amides is 2. The summed E-state index contributed by atoms with van der Waals surface area (Å²) in [6.07, 6.45) is 0.0219. The van der Waals surface area contributed by atoms with E-state index in [0.29, 0.717) is 12.1 Å². The van der Waals surface area contributed by atoms with Crippen molar-refractivity contribution in [3.8, 4) is 0 Å². The maximum atomic E-state index is 12.4. The normalized spacial score (nSPS) is 14.3. The lowest BCUT2D eigenvalue weighted by atomic mass is 9.88. The summed E-state index contributed by atoms with van der Waals surface area (Å²) < 4.78 is 5.58. The third kappa shape index (κ3) is 8.74. The molecule has 2 amide bonds. The lowest BCUT2D eigenvalue weighted by molar-refractivity contribution is 0.0840. The van der Waals surface area contributed by atoms with E-state index in [1.165, 1.54) is 9.80 Å². The first kappa shape index (κ1) is 24.5. The molecule has 0 aromatic carbocycles. The van der Waals surface area contributed by atoms with Crippen molar-refractivity contribution in [2.45, 2.75) is 78.9 Å². The van der Waals surface area contributed by atoms with Crippen molar-refractivity contribution in [3.05, 3.63) is 12.3 Å². The molecule has 0 heterocycles. The van der Waals surface area contributed by atoms with Gasteiger partial charge in [-0.15, -0.1) is 0 Å².